The summed E-state index contributed by atoms with van der Waals surface area (Å²) in [7, 11) is 0. The summed E-state index contributed by atoms with van der Waals surface area (Å²) in [6, 6.07) is 9.65. The molecule has 25 heavy (non-hydrogen) atoms. The summed E-state index contributed by atoms with van der Waals surface area (Å²) in [5.74, 6) is 1.98. The predicted molar refractivity (Wildman–Crippen MR) is 93.1 cm³/mol. The second-order valence-corrected chi connectivity index (χ2v) is 8.87. The number of fused-ring (bicyclic) bond motifs is 2. The number of hydrogen-bond donors (Lipinski definition) is 0. The van der Waals surface area contributed by atoms with Crippen LogP contribution < -0.4 is 4.90 Å². The minimum Gasteiger partial charge on any atom is -0.497 e. The van der Waals surface area contributed by atoms with Gasteiger partial charge in [0.15, 0.2) is 0 Å². The zero-order valence-electron chi connectivity index (χ0n) is 14.2. The Morgan fingerprint density at radius 1 is 1.24 bits per heavy atom. The molecule has 5 aliphatic heterocycles. The van der Waals surface area contributed by atoms with Crippen molar-refractivity contribution in [2.45, 2.75) is 42.9 Å². The first kappa shape index (κ1) is 13.4. The molecule has 7 unspecified atom stereocenters. The van der Waals surface area contributed by atoms with Crippen LogP contribution in [0, 0.1) is 17.8 Å². The number of para-hydroxylation sites is 1. The molecular weight excluding hydrogens is 312 g/mol. The van der Waals surface area contributed by atoms with Crippen molar-refractivity contribution >= 4 is 11.6 Å². The Bertz CT molecular complexity index is 835. The SMILES string of the molecule is O=C1CC2OC=CC3CN4CCC56c7ccccc7N1C5C2C3CC46. The standard InChI is InChI=1S/C21H22N2O2/c24-18-10-16-19-13-9-17-21(6-7-22(17)11-12(13)5-8-25-16)14-3-1-2-4-15(14)23(18)20(19)21/h1-5,8,12-13,16-17,19-20H,6-7,9-11H2. The molecule has 1 amide bonds. The van der Waals surface area contributed by atoms with Crippen LogP contribution in [0.5, 0.6) is 0 Å². The number of nitrogens with zero attached hydrogens (tertiary/aromatic N) is 2. The summed E-state index contributed by atoms with van der Waals surface area (Å²) >= 11 is 0. The maximum atomic E-state index is 13.2. The van der Waals surface area contributed by atoms with Crippen LogP contribution in [-0.2, 0) is 14.9 Å². The summed E-state index contributed by atoms with van der Waals surface area (Å²) in [5, 5.41) is 0. The van der Waals surface area contributed by atoms with E-state index in [-0.39, 0.29) is 17.4 Å². The van der Waals surface area contributed by atoms with Gasteiger partial charge in [0, 0.05) is 29.6 Å². The van der Waals surface area contributed by atoms with E-state index in [2.05, 4.69) is 40.1 Å². The smallest absolute Gasteiger partial charge is 0.231 e. The molecular formula is C21H22N2O2. The molecule has 1 saturated carbocycles. The predicted octanol–water partition coefficient (Wildman–Crippen LogP) is 2.30. The quantitative estimate of drug-likeness (QED) is 0.730. The number of benzene rings is 1. The number of anilines is 1. The van der Waals surface area contributed by atoms with Crippen molar-refractivity contribution < 1.29 is 9.53 Å². The maximum Gasteiger partial charge on any atom is 0.231 e. The summed E-state index contributed by atoms with van der Waals surface area (Å²) in [6.07, 6.45) is 7.27. The first-order chi connectivity index (χ1) is 12.3. The number of piperidine rings is 2. The molecule has 128 valence electrons. The highest BCUT2D eigenvalue weighted by atomic mass is 16.5. The van der Waals surface area contributed by atoms with Gasteiger partial charge in [0.05, 0.1) is 18.7 Å². The van der Waals surface area contributed by atoms with E-state index >= 15 is 0 Å². The summed E-state index contributed by atoms with van der Waals surface area (Å²) in [4.78, 5) is 18.1. The molecule has 0 N–H and O–H groups in total. The Morgan fingerprint density at radius 2 is 2.16 bits per heavy atom. The highest BCUT2D eigenvalue weighted by Gasteiger charge is 2.71. The molecule has 0 radical (unpaired) electrons. The van der Waals surface area contributed by atoms with Crippen molar-refractivity contribution in [3.05, 3.63) is 42.2 Å². The van der Waals surface area contributed by atoms with Crippen LogP contribution in [0.1, 0.15) is 24.8 Å². The molecule has 2 bridgehead atoms. The van der Waals surface area contributed by atoms with Gasteiger partial charge in [0.1, 0.15) is 6.10 Å². The topological polar surface area (TPSA) is 32.8 Å². The number of carbonyl (C=O) groups excluding carboxylic acids is 1. The molecule has 1 aliphatic carbocycles. The van der Waals surface area contributed by atoms with E-state index in [0.29, 0.717) is 36.3 Å². The monoisotopic (exact) mass is 334 g/mol. The Hall–Kier alpha value is -1.81. The molecule has 1 aromatic carbocycles. The summed E-state index contributed by atoms with van der Waals surface area (Å²) in [6.45, 7) is 2.34. The summed E-state index contributed by atoms with van der Waals surface area (Å²) < 4.78 is 6.15. The van der Waals surface area contributed by atoms with Gasteiger partial charge >= 0.3 is 0 Å². The second-order valence-electron chi connectivity index (χ2n) is 8.87. The van der Waals surface area contributed by atoms with Gasteiger partial charge in [-0.15, -0.1) is 0 Å². The fraction of sp³-hybridized carbons (Fsp3) is 0.571. The molecule has 1 aromatic rings. The molecule has 4 nitrogen and oxygen atoms in total. The molecule has 7 rings (SSSR count). The normalized spacial score (nSPS) is 48.2. The second kappa shape index (κ2) is 4.12. The lowest BCUT2D eigenvalue weighted by Crippen LogP contribution is -2.70. The number of rotatable bonds is 0. The molecule has 4 heteroatoms. The van der Waals surface area contributed by atoms with E-state index < -0.39 is 0 Å². The highest BCUT2D eigenvalue weighted by molar-refractivity contribution is 5.99. The van der Waals surface area contributed by atoms with E-state index in [0.717, 1.165) is 0 Å². The average Bonchev–Trinajstić information content (AvgIpc) is 3.10. The van der Waals surface area contributed by atoms with Crippen LogP contribution in [0.25, 0.3) is 0 Å². The zero-order valence-corrected chi connectivity index (χ0v) is 14.2. The number of hydrogen-bond acceptors (Lipinski definition) is 3. The van der Waals surface area contributed by atoms with Gasteiger partial charge in [-0.1, -0.05) is 18.2 Å². The van der Waals surface area contributed by atoms with Gasteiger partial charge in [-0.2, -0.15) is 0 Å². The van der Waals surface area contributed by atoms with Gasteiger partial charge in [-0.05, 0) is 48.9 Å². The van der Waals surface area contributed by atoms with Gasteiger partial charge in [-0.3, -0.25) is 9.69 Å². The van der Waals surface area contributed by atoms with E-state index in [9.17, 15) is 4.79 Å². The lowest BCUT2D eigenvalue weighted by Gasteiger charge is -2.59. The molecule has 6 aliphatic rings. The minimum absolute atomic E-state index is 0.0688. The third-order valence-electron chi connectivity index (χ3n) is 8.32. The molecule has 1 spiro atoms. The molecule has 7 atom stereocenters. The fourth-order valence-corrected chi connectivity index (χ4v) is 7.63. The van der Waals surface area contributed by atoms with Crippen LogP contribution >= 0.6 is 0 Å². The van der Waals surface area contributed by atoms with Crippen molar-refractivity contribution in [1.29, 1.82) is 0 Å². The van der Waals surface area contributed by atoms with Crippen molar-refractivity contribution in [1.82, 2.24) is 4.90 Å². The van der Waals surface area contributed by atoms with Crippen LogP contribution in [0.2, 0.25) is 0 Å². The van der Waals surface area contributed by atoms with Crippen molar-refractivity contribution in [3.8, 4) is 0 Å². The number of amides is 1. The fourth-order valence-electron chi connectivity index (χ4n) is 7.63. The number of carbonyl (C=O) groups is 1. The first-order valence-corrected chi connectivity index (χ1v) is 9.77. The average molecular weight is 334 g/mol. The lowest BCUT2D eigenvalue weighted by molar-refractivity contribution is -0.132. The number of ether oxygens (including phenoxy) is 1. The Morgan fingerprint density at radius 3 is 3.12 bits per heavy atom. The van der Waals surface area contributed by atoms with Crippen LogP contribution in [0.3, 0.4) is 0 Å². The highest BCUT2D eigenvalue weighted by Crippen LogP contribution is 2.65. The largest absolute Gasteiger partial charge is 0.497 e. The van der Waals surface area contributed by atoms with E-state index in [4.69, 9.17) is 4.74 Å². The van der Waals surface area contributed by atoms with Crippen molar-refractivity contribution in [2.24, 2.45) is 17.8 Å². The van der Waals surface area contributed by atoms with Gasteiger partial charge in [0.25, 0.3) is 0 Å². The van der Waals surface area contributed by atoms with Crippen LogP contribution in [0.15, 0.2) is 36.6 Å². The lowest BCUT2D eigenvalue weighted by atomic mass is 9.52. The van der Waals surface area contributed by atoms with Crippen LogP contribution in [0.4, 0.5) is 5.69 Å². The van der Waals surface area contributed by atoms with E-state index in [1.165, 1.54) is 37.2 Å². The Balaban J connectivity index is 1.54. The maximum absolute atomic E-state index is 13.2. The van der Waals surface area contributed by atoms with E-state index in [1.54, 1.807) is 0 Å². The van der Waals surface area contributed by atoms with Gasteiger partial charge in [-0.25, -0.2) is 0 Å². The van der Waals surface area contributed by atoms with E-state index in [1.807, 2.05) is 6.26 Å². The molecule has 3 saturated heterocycles. The third kappa shape index (κ3) is 1.31. The zero-order chi connectivity index (χ0) is 16.3. The molecule has 5 heterocycles. The first-order valence-electron chi connectivity index (χ1n) is 9.77. The third-order valence-corrected chi connectivity index (χ3v) is 8.32. The Kier molecular flexibility index (Phi) is 2.21. The minimum atomic E-state index is 0.0688. The Labute approximate surface area is 147 Å². The molecule has 0 aromatic heterocycles. The van der Waals surface area contributed by atoms with Gasteiger partial charge < -0.3 is 9.64 Å². The van der Waals surface area contributed by atoms with Gasteiger partial charge in [0.2, 0.25) is 5.91 Å². The van der Waals surface area contributed by atoms with Crippen molar-refractivity contribution in [2.75, 3.05) is 18.0 Å². The summed E-state index contributed by atoms with van der Waals surface area (Å²) in [5.41, 5.74) is 2.76. The van der Waals surface area contributed by atoms with Crippen LogP contribution in [-0.4, -0.2) is 42.1 Å². The molecule has 4 fully saturated rings. The van der Waals surface area contributed by atoms with Crippen molar-refractivity contribution in [3.63, 3.8) is 0 Å².